The van der Waals surface area contributed by atoms with Gasteiger partial charge in [-0.05, 0) is 45.7 Å². The van der Waals surface area contributed by atoms with E-state index in [0.717, 1.165) is 42.9 Å². The lowest BCUT2D eigenvalue weighted by atomic mass is 9.98. The number of carbonyl (C=O) groups is 1. The number of amides is 1. The van der Waals surface area contributed by atoms with E-state index in [1.807, 2.05) is 18.7 Å². The van der Waals surface area contributed by atoms with Gasteiger partial charge in [-0.1, -0.05) is 17.7 Å². The molecule has 1 heterocycles. The zero-order valence-corrected chi connectivity index (χ0v) is 13.4. The van der Waals surface area contributed by atoms with Gasteiger partial charge >= 0.3 is 0 Å². The SMILES string of the molecule is Cc1cc(C)c(C(=O)N2CCN(C(C)C)CC2)c(C)c1. The van der Waals surface area contributed by atoms with Crippen LogP contribution in [0.25, 0.3) is 0 Å². The summed E-state index contributed by atoms with van der Waals surface area (Å²) in [6.07, 6.45) is 0. The van der Waals surface area contributed by atoms with Crippen LogP contribution in [0.5, 0.6) is 0 Å². The van der Waals surface area contributed by atoms with E-state index in [9.17, 15) is 4.79 Å². The van der Waals surface area contributed by atoms with E-state index in [4.69, 9.17) is 0 Å². The van der Waals surface area contributed by atoms with Gasteiger partial charge in [0.1, 0.15) is 0 Å². The Labute approximate surface area is 122 Å². The largest absolute Gasteiger partial charge is 0.336 e. The number of hydrogen-bond donors (Lipinski definition) is 0. The summed E-state index contributed by atoms with van der Waals surface area (Å²) in [5, 5.41) is 0. The van der Waals surface area contributed by atoms with Gasteiger partial charge < -0.3 is 4.90 Å². The Morgan fingerprint density at radius 3 is 1.95 bits per heavy atom. The summed E-state index contributed by atoms with van der Waals surface area (Å²) in [5.74, 6) is 0.198. The van der Waals surface area contributed by atoms with E-state index >= 15 is 0 Å². The average molecular weight is 274 g/mol. The maximum Gasteiger partial charge on any atom is 0.254 e. The molecule has 2 rings (SSSR count). The van der Waals surface area contributed by atoms with Crippen molar-refractivity contribution < 1.29 is 4.79 Å². The van der Waals surface area contributed by atoms with Crippen molar-refractivity contribution in [1.82, 2.24) is 9.80 Å². The predicted octanol–water partition coefficient (Wildman–Crippen LogP) is 2.78. The predicted molar refractivity (Wildman–Crippen MR) is 83.3 cm³/mol. The molecule has 1 saturated heterocycles. The summed E-state index contributed by atoms with van der Waals surface area (Å²) in [6, 6.07) is 4.77. The van der Waals surface area contributed by atoms with Crippen LogP contribution < -0.4 is 0 Å². The Hall–Kier alpha value is -1.35. The Bertz CT molecular complexity index is 477. The summed E-state index contributed by atoms with van der Waals surface area (Å²) in [5.41, 5.74) is 4.31. The van der Waals surface area contributed by atoms with Gasteiger partial charge in [0.2, 0.25) is 0 Å². The van der Waals surface area contributed by atoms with E-state index in [0.29, 0.717) is 6.04 Å². The molecule has 3 nitrogen and oxygen atoms in total. The topological polar surface area (TPSA) is 23.6 Å². The smallest absolute Gasteiger partial charge is 0.254 e. The number of benzene rings is 1. The fourth-order valence-corrected chi connectivity index (χ4v) is 3.12. The third-order valence-electron chi connectivity index (χ3n) is 4.22. The number of nitrogens with zero attached hydrogens (tertiary/aromatic N) is 2. The molecule has 0 bridgehead atoms. The quantitative estimate of drug-likeness (QED) is 0.828. The number of hydrogen-bond acceptors (Lipinski definition) is 2. The van der Waals surface area contributed by atoms with Crippen molar-refractivity contribution in [2.45, 2.75) is 40.7 Å². The second-order valence-electron chi connectivity index (χ2n) is 6.20. The van der Waals surface area contributed by atoms with E-state index < -0.39 is 0 Å². The third kappa shape index (κ3) is 3.04. The molecule has 1 amide bonds. The minimum atomic E-state index is 0.198. The lowest BCUT2D eigenvalue weighted by molar-refractivity contribution is 0.0594. The van der Waals surface area contributed by atoms with E-state index in [-0.39, 0.29) is 5.91 Å². The van der Waals surface area contributed by atoms with Gasteiger partial charge in [-0.3, -0.25) is 9.69 Å². The van der Waals surface area contributed by atoms with Crippen molar-refractivity contribution in [1.29, 1.82) is 0 Å². The summed E-state index contributed by atoms with van der Waals surface area (Å²) >= 11 is 0. The van der Waals surface area contributed by atoms with Gasteiger partial charge in [0.15, 0.2) is 0 Å². The average Bonchev–Trinajstić information content (AvgIpc) is 2.37. The number of aryl methyl sites for hydroxylation is 3. The molecule has 0 N–H and O–H groups in total. The Balaban J connectivity index is 2.14. The maximum atomic E-state index is 12.7. The molecule has 0 aliphatic carbocycles. The molecule has 3 heteroatoms. The minimum Gasteiger partial charge on any atom is -0.336 e. The second-order valence-corrected chi connectivity index (χ2v) is 6.20. The molecule has 1 aromatic rings. The van der Waals surface area contributed by atoms with Crippen molar-refractivity contribution in [2.24, 2.45) is 0 Å². The van der Waals surface area contributed by atoms with Gasteiger partial charge in [-0.2, -0.15) is 0 Å². The van der Waals surface area contributed by atoms with Crippen molar-refractivity contribution in [3.8, 4) is 0 Å². The monoisotopic (exact) mass is 274 g/mol. The van der Waals surface area contributed by atoms with Crippen molar-refractivity contribution >= 4 is 5.91 Å². The fraction of sp³-hybridized carbons (Fsp3) is 0.588. The van der Waals surface area contributed by atoms with Crippen molar-refractivity contribution in [3.05, 3.63) is 34.4 Å². The van der Waals surface area contributed by atoms with E-state index in [1.165, 1.54) is 5.56 Å². The van der Waals surface area contributed by atoms with Gasteiger partial charge in [0.05, 0.1) is 0 Å². The lowest BCUT2D eigenvalue weighted by Gasteiger charge is -2.37. The summed E-state index contributed by atoms with van der Waals surface area (Å²) in [6.45, 7) is 14.2. The first kappa shape index (κ1) is 15.0. The molecule has 0 atom stereocenters. The van der Waals surface area contributed by atoms with Gasteiger partial charge in [-0.25, -0.2) is 0 Å². The summed E-state index contributed by atoms with van der Waals surface area (Å²) in [7, 11) is 0. The first-order chi connectivity index (χ1) is 9.40. The van der Waals surface area contributed by atoms with E-state index in [2.05, 4.69) is 37.8 Å². The molecule has 110 valence electrons. The highest BCUT2D eigenvalue weighted by molar-refractivity contribution is 5.97. The van der Waals surface area contributed by atoms with Crippen LogP contribution >= 0.6 is 0 Å². The van der Waals surface area contributed by atoms with Crippen molar-refractivity contribution in [2.75, 3.05) is 26.2 Å². The number of piperazine rings is 1. The highest BCUT2D eigenvalue weighted by Crippen LogP contribution is 2.19. The molecular weight excluding hydrogens is 248 g/mol. The summed E-state index contributed by atoms with van der Waals surface area (Å²) < 4.78 is 0. The van der Waals surface area contributed by atoms with Crippen LogP contribution in [0.3, 0.4) is 0 Å². The van der Waals surface area contributed by atoms with Crippen LogP contribution in [-0.2, 0) is 0 Å². The fourth-order valence-electron chi connectivity index (χ4n) is 3.12. The molecule has 0 aromatic heterocycles. The van der Waals surface area contributed by atoms with Gasteiger partial charge in [0, 0.05) is 37.8 Å². The maximum absolute atomic E-state index is 12.7. The molecule has 0 radical (unpaired) electrons. The highest BCUT2D eigenvalue weighted by atomic mass is 16.2. The van der Waals surface area contributed by atoms with Crippen LogP contribution in [-0.4, -0.2) is 47.9 Å². The normalized spacial score (nSPS) is 16.8. The molecule has 0 unspecified atom stereocenters. The lowest BCUT2D eigenvalue weighted by Crippen LogP contribution is -2.50. The Kier molecular flexibility index (Phi) is 4.48. The van der Waals surface area contributed by atoms with Crippen LogP contribution in [0.4, 0.5) is 0 Å². The van der Waals surface area contributed by atoms with Crippen LogP contribution in [0, 0.1) is 20.8 Å². The molecule has 1 fully saturated rings. The molecule has 1 aromatic carbocycles. The minimum absolute atomic E-state index is 0.198. The molecule has 1 aliphatic rings. The van der Waals surface area contributed by atoms with Gasteiger partial charge in [-0.15, -0.1) is 0 Å². The van der Waals surface area contributed by atoms with Crippen LogP contribution in [0.2, 0.25) is 0 Å². The first-order valence-corrected chi connectivity index (χ1v) is 7.51. The number of carbonyl (C=O) groups excluding carboxylic acids is 1. The molecule has 1 aliphatic heterocycles. The third-order valence-corrected chi connectivity index (χ3v) is 4.22. The van der Waals surface area contributed by atoms with Crippen LogP contribution in [0.1, 0.15) is 40.9 Å². The molecular formula is C17H26N2O. The number of rotatable bonds is 2. The zero-order chi connectivity index (χ0) is 14.9. The second kappa shape index (κ2) is 5.96. The summed E-state index contributed by atoms with van der Waals surface area (Å²) in [4.78, 5) is 17.2. The first-order valence-electron chi connectivity index (χ1n) is 7.51. The molecule has 0 saturated carbocycles. The van der Waals surface area contributed by atoms with Crippen molar-refractivity contribution in [3.63, 3.8) is 0 Å². The highest BCUT2D eigenvalue weighted by Gasteiger charge is 2.25. The standard InChI is InChI=1S/C17H26N2O/c1-12(2)18-6-8-19(9-7-18)17(20)16-14(4)10-13(3)11-15(16)5/h10-12H,6-9H2,1-5H3. The Morgan fingerprint density at radius 2 is 1.50 bits per heavy atom. The Morgan fingerprint density at radius 1 is 1.00 bits per heavy atom. The molecule has 20 heavy (non-hydrogen) atoms. The zero-order valence-electron chi connectivity index (χ0n) is 13.4. The van der Waals surface area contributed by atoms with Gasteiger partial charge in [0.25, 0.3) is 5.91 Å². The van der Waals surface area contributed by atoms with E-state index in [1.54, 1.807) is 0 Å². The molecule has 0 spiro atoms. The van der Waals surface area contributed by atoms with Crippen LogP contribution in [0.15, 0.2) is 12.1 Å².